The minimum Gasteiger partial charge on any atom is -0.401 e. The topological polar surface area (TPSA) is 103 Å². The Kier molecular flexibility index (Phi) is 14.4. The van der Waals surface area contributed by atoms with E-state index in [1.54, 1.807) is 18.4 Å². The Labute approximate surface area is 231 Å². The normalized spacial score (nSPS) is 17.3. The molecule has 0 spiro atoms. The van der Waals surface area contributed by atoms with E-state index in [0.717, 1.165) is 53.9 Å². The molecule has 2 aliphatic rings. The van der Waals surface area contributed by atoms with Crippen molar-refractivity contribution in [3.63, 3.8) is 0 Å². The van der Waals surface area contributed by atoms with E-state index in [2.05, 4.69) is 16.7 Å². The van der Waals surface area contributed by atoms with Crippen LogP contribution in [0.3, 0.4) is 0 Å². The smallest absolute Gasteiger partial charge is 0.188 e. The second kappa shape index (κ2) is 16.7. The standard InChI is InChI=1S/C25H29N5OS.C2H6.CH2O.H2S/c1-3-23(31)24-21(26)12-22(29-25(24)17-8-6-4-5-7-9-17)20(14-27-2)18-13-28-30(15-18)19-10-11-32-16-19;2*1-2;/h3,10-11,13-17H,1,4-9,12,26H2,2H3;1-2H3;1H2;1H2/b22-20-,27-14?;;;. The van der Waals surface area contributed by atoms with E-state index in [1.165, 1.54) is 18.9 Å². The van der Waals surface area contributed by atoms with Gasteiger partial charge in [-0.15, -0.1) is 0 Å². The lowest BCUT2D eigenvalue weighted by Crippen LogP contribution is -2.28. The largest absolute Gasteiger partial charge is 0.401 e. The lowest BCUT2D eigenvalue weighted by Gasteiger charge is -2.25. The molecule has 0 aromatic carbocycles. The van der Waals surface area contributed by atoms with E-state index in [0.29, 0.717) is 17.7 Å². The van der Waals surface area contributed by atoms with Crippen molar-refractivity contribution in [1.29, 1.82) is 0 Å². The average molecular weight is 542 g/mol. The first kappa shape index (κ1) is 32.0. The van der Waals surface area contributed by atoms with Crippen LogP contribution in [0.2, 0.25) is 0 Å². The summed E-state index contributed by atoms with van der Waals surface area (Å²) in [5.74, 6) is 0.0964. The van der Waals surface area contributed by atoms with Crippen LogP contribution in [0.25, 0.3) is 11.3 Å². The molecule has 2 aromatic rings. The summed E-state index contributed by atoms with van der Waals surface area (Å²) in [5, 5.41) is 8.60. The number of nitrogens with zero attached hydrogens (tertiary/aromatic N) is 4. The molecule has 1 aliphatic heterocycles. The van der Waals surface area contributed by atoms with Crippen LogP contribution in [0.4, 0.5) is 0 Å². The molecule has 1 saturated carbocycles. The summed E-state index contributed by atoms with van der Waals surface area (Å²) in [6, 6.07) is 2.03. The molecule has 1 fully saturated rings. The van der Waals surface area contributed by atoms with E-state index >= 15 is 0 Å². The van der Waals surface area contributed by atoms with Crippen molar-refractivity contribution in [1.82, 2.24) is 9.78 Å². The third-order valence-corrected chi connectivity index (χ3v) is 6.77. The Morgan fingerprint density at radius 1 is 1.22 bits per heavy atom. The first-order chi connectivity index (χ1) is 17.6. The predicted octanol–water partition coefficient (Wildman–Crippen LogP) is 6.08. The maximum Gasteiger partial charge on any atom is 0.188 e. The first-order valence-electron chi connectivity index (χ1n) is 12.4. The third kappa shape index (κ3) is 7.97. The number of nitrogens with two attached hydrogens (primary N) is 1. The molecule has 0 radical (unpaired) electrons. The van der Waals surface area contributed by atoms with Gasteiger partial charge in [0.25, 0.3) is 0 Å². The highest BCUT2D eigenvalue weighted by molar-refractivity contribution is 7.59. The summed E-state index contributed by atoms with van der Waals surface area (Å²) in [6.07, 6.45) is 14.2. The lowest BCUT2D eigenvalue weighted by molar-refractivity contribution is -0.111. The van der Waals surface area contributed by atoms with Gasteiger partial charge in [0.05, 0.1) is 28.9 Å². The van der Waals surface area contributed by atoms with Gasteiger partial charge in [-0.25, -0.2) is 4.68 Å². The summed E-state index contributed by atoms with van der Waals surface area (Å²) in [4.78, 5) is 30.1. The van der Waals surface area contributed by atoms with Gasteiger partial charge in [0.15, 0.2) is 5.78 Å². The zero-order chi connectivity index (χ0) is 26.5. The molecule has 0 atom stereocenters. The number of allylic oxidation sites excluding steroid dienone is 3. The maximum atomic E-state index is 12.7. The highest BCUT2D eigenvalue weighted by Crippen LogP contribution is 2.34. The van der Waals surface area contributed by atoms with Crippen LogP contribution in [0.15, 0.2) is 68.8 Å². The number of carbonyl (C=O) groups is 2. The van der Waals surface area contributed by atoms with E-state index in [4.69, 9.17) is 15.5 Å². The second-order valence-corrected chi connectivity index (χ2v) is 9.01. The molecule has 7 nitrogen and oxygen atoms in total. The maximum absolute atomic E-state index is 12.7. The average Bonchev–Trinajstić information content (AvgIpc) is 3.56. The first-order valence-corrected chi connectivity index (χ1v) is 13.3. The van der Waals surface area contributed by atoms with Crippen LogP contribution < -0.4 is 5.73 Å². The molecule has 9 heteroatoms. The lowest BCUT2D eigenvalue weighted by atomic mass is 9.84. The van der Waals surface area contributed by atoms with Gasteiger partial charge in [-0.2, -0.15) is 29.9 Å². The predicted molar refractivity (Wildman–Crippen MR) is 161 cm³/mol. The zero-order valence-corrected chi connectivity index (χ0v) is 23.9. The molecule has 4 rings (SSSR count). The van der Waals surface area contributed by atoms with Gasteiger partial charge in [-0.3, -0.25) is 14.8 Å². The number of dihydropyridines is 1. The van der Waals surface area contributed by atoms with E-state index in [-0.39, 0.29) is 25.2 Å². The monoisotopic (exact) mass is 541 g/mol. The van der Waals surface area contributed by atoms with E-state index < -0.39 is 0 Å². The van der Waals surface area contributed by atoms with Crippen LogP contribution in [0.5, 0.6) is 0 Å². The Bertz CT molecular complexity index is 1140. The Balaban J connectivity index is 0.00000131. The molecule has 2 N–H and O–H groups in total. The highest BCUT2D eigenvalue weighted by atomic mass is 32.1. The summed E-state index contributed by atoms with van der Waals surface area (Å²) >= 11 is 1.63. The zero-order valence-electron chi connectivity index (χ0n) is 22.1. The van der Waals surface area contributed by atoms with Gasteiger partial charge >= 0.3 is 0 Å². The number of hydrogen-bond acceptors (Lipinski definition) is 7. The molecule has 0 bridgehead atoms. The number of carbonyl (C=O) groups excluding carboxylic acids is 2. The molecule has 200 valence electrons. The van der Waals surface area contributed by atoms with Crippen molar-refractivity contribution >= 4 is 54.9 Å². The van der Waals surface area contributed by atoms with Crippen molar-refractivity contribution < 1.29 is 9.59 Å². The number of aliphatic imine (C=N–C) groups is 2. The van der Waals surface area contributed by atoms with Crippen LogP contribution >= 0.6 is 24.8 Å². The van der Waals surface area contributed by atoms with E-state index in [1.807, 2.05) is 60.8 Å². The summed E-state index contributed by atoms with van der Waals surface area (Å²) in [5.41, 5.74) is 12.1. The van der Waals surface area contributed by atoms with Gasteiger partial charge < -0.3 is 10.5 Å². The molecular weight excluding hydrogens is 502 g/mol. The van der Waals surface area contributed by atoms with Gasteiger partial charge in [0.2, 0.25) is 0 Å². The summed E-state index contributed by atoms with van der Waals surface area (Å²) in [6.45, 7) is 9.69. The minimum atomic E-state index is -0.138. The van der Waals surface area contributed by atoms with Crippen LogP contribution in [-0.2, 0) is 9.59 Å². The Morgan fingerprint density at radius 3 is 2.46 bits per heavy atom. The van der Waals surface area contributed by atoms with Gasteiger partial charge in [0, 0.05) is 54.0 Å². The van der Waals surface area contributed by atoms with Gasteiger partial charge in [0.1, 0.15) is 6.79 Å². The fourth-order valence-corrected chi connectivity index (χ4v) is 5.12. The number of ketones is 1. The summed E-state index contributed by atoms with van der Waals surface area (Å²) in [7, 11) is 1.74. The molecule has 37 heavy (non-hydrogen) atoms. The minimum absolute atomic E-state index is 0. The van der Waals surface area contributed by atoms with Crippen LogP contribution in [0, 0.1) is 5.92 Å². The molecule has 0 unspecified atom stereocenters. The van der Waals surface area contributed by atoms with Crippen molar-refractivity contribution in [3.05, 3.63) is 64.4 Å². The van der Waals surface area contributed by atoms with Crippen molar-refractivity contribution in [2.45, 2.75) is 58.8 Å². The van der Waals surface area contributed by atoms with E-state index in [9.17, 15) is 4.79 Å². The van der Waals surface area contributed by atoms with Crippen LogP contribution in [-0.4, -0.2) is 41.3 Å². The molecule has 1 aliphatic carbocycles. The van der Waals surface area contributed by atoms with Crippen molar-refractivity contribution in [2.24, 2.45) is 21.6 Å². The third-order valence-electron chi connectivity index (χ3n) is 6.10. The molecule has 0 saturated heterocycles. The number of hydrogen-bond donors (Lipinski definition) is 1. The fraction of sp³-hybridized carbons (Fsp3) is 0.393. The van der Waals surface area contributed by atoms with Gasteiger partial charge in [-0.05, 0) is 30.4 Å². The highest BCUT2D eigenvalue weighted by Gasteiger charge is 2.30. The van der Waals surface area contributed by atoms with Crippen molar-refractivity contribution in [3.8, 4) is 5.69 Å². The number of aromatic nitrogens is 2. The summed E-state index contributed by atoms with van der Waals surface area (Å²) < 4.78 is 1.85. The quantitative estimate of drug-likeness (QED) is 0.272. The molecule has 3 heterocycles. The number of thiophene rings is 1. The molecular formula is C28H39N5O2S2. The second-order valence-electron chi connectivity index (χ2n) is 8.23. The Hall–Kier alpha value is -3.04. The van der Waals surface area contributed by atoms with Gasteiger partial charge in [-0.1, -0.05) is 46.1 Å². The van der Waals surface area contributed by atoms with Crippen molar-refractivity contribution in [2.75, 3.05) is 7.05 Å². The molecule has 0 amide bonds. The number of rotatable bonds is 6. The fourth-order valence-electron chi connectivity index (χ4n) is 4.50. The SMILES string of the molecule is C=CC(=O)C1=C(N)C/C(=C(\C=NC)c2cnn(-c3ccsc3)c2)N=C1C1CCCCCC1.C=O.CC.S. The van der Waals surface area contributed by atoms with Crippen LogP contribution in [0.1, 0.15) is 64.4 Å². The molecule has 2 aromatic heterocycles. The Morgan fingerprint density at radius 2 is 1.89 bits per heavy atom.